The second-order valence-corrected chi connectivity index (χ2v) is 4.49. The van der Waals surface area contributed by atoms with Gasteiger partial charge in [-0.05, 0) is 0 Å². The molecule has 8 nitrogen and oxygen atoms in total. The van der Waals surface area contributed by atoms with E-state index in [0.717, 1.165) is 0 Å². The van der Waals surface area contributed by atoms with Crippen molar-refractivity contribution in [1.82, 2.24) is 0 Å². The Morgan fingerprint density at radius 1 is 0.909 bits per heavy atom. The lowest BCUT2D eigenvalue weighted by Crippen LogP contribution is -1.81. The molecule has 0 fully saturated rings. The molecule has 11 heavy (non-hydrogen) atoms. The zero-order chi connectivity index (χ0) is 9.12. The summed E-state index contributed by atoms with van der Waals surface area (Å²) in [6.45, 7) is 0. The van der Waals surface area contributed by atoms with Crippen LogP contribution in [0.3, 0.4) is 0 Å². The van der Waals surface area contributed by atoms with Crippen LogP contribution in [0.25, 0.3) is 0 Å². The minimum absolute atomic E-state index is 0.459. The Morgan fingerprint density at radius 3 is 1.36 bits per heavy atom. The molecular formula is H4O8P2S. The summed E-state index contributed by atoms with van der Waals surface area (Å²) >= 11 is -0.459. The summed E-state index contributed by atoms with van der Waals surface area (Å²) in [4.78, 5) is 31.8. The van der Waals surface area contributed by atoms with Crippen molar-refractivity contribution in [3.63, 3.8) is 0 Å². The largest absolute Gasteiger partial charge is 0.482 e. The minimum Gasteiger partial charge on any atom is -0.302 e. The monoisotopic (exact) mass is 226 g/mol. The van der Waals surface area contributed by atoms with Gasteiger partial charge in [0.05, 0.1) is 0 Å². The van der Waals surface area contributed by atoms with Gasteiger partial charge in [-0.15, -0.1) is 0 Å². The molecule has 0 spiro atoms. The maximum absolute atomic E-state index is 9.84. The summed E-state index contributed by atoms with van der Waals surface area (Å²) in [6, 6.07) is 0. The molecule has 0 aromatic carbocycles. The summed E-state index contributed by atoms with van der Waals surface area (Å²) < 4.78 is 26.6. The molecule has 0 bridgehead atoms. The molecule has 0 heterocycles. The van der Waals surface area contributed by atoms with Gasteiger partial charge in [-0.25, -0.2) is 9.13 Å². The summed E-state index contributed by atoms with van der Waals surface area (Å²) in [5.74, 6) is 0. The van der Waals surface area contributed by atoms with Gasteiger partial charge in [0.15, 0.2) is 12.3 Å². The van der Waals surface area contributed by atoms with Crippen LogP contribution in [0, 0.1) is 0 Å². The van der Waals surface area contributed by atoms with Crippen molar-refractivity contribution in [3.8, 4) is 0 Å². The number of hydrogen-bond donors (Lipinski definition) is 4. The van der Waals surface area contributed by atoms with Crippen molar-refractivity contribution in [3.05, 3.63) is 0 Å². The predicted octanol–water partition coefficient (Wildman–Crippen LogP) is -0.232. The van der Waals surface area contributed by atoms with Gasteiger partial charge in [-0.1, -0.05) is 0 Å². The topological polar surface area (TPSA) is 134 Å². The lowest BCUT2D eigenvalue weighted by Gasteiger charge is -2.03. The van der Waals surface area contributed by atoms with Gasteiger partial charge in [0.2, 0.25) is 0 Å². The lowest BCUT2D eigenvalue weighted by molar-refractivity contribution is 0.275. The molecule has 0 saturated carbocycles. The third-order valence-corrected chi connectivity index (χ3v) is 2.30. The summed E-state index contributed by atoms with van der Waals surface area (Å²) in [7, 11) is -9.51. The molecular weight excluding hydrogens is 222 g/mol. The highest BCUT2D eigenvalue weighted by atomic mass is 32.2. The molecule has 0 radical (unpaired) electrons. The normalized spacial score (nSPS) is 13.5. The Kier molecular flexibility index (Phi) is 4.20. The molecule has 0 aromatic rings. The molecule has 4 N–H and O–H groups in total. The van der Waals surface area contributed by atoms with Crippen molar-refractivity contribution in [2.45, 2.75) is 0 Å². The first-order chi connectivity index (χ1) is 4.71. The highest BCUT2D eigenvalue weighted by Crippen LogP contribution is 2.48. The Morgan fingerprint density at radius 2 is 1.18 bits per heavy atom. The predicted molar refractivity (Wildman–Crippen MR) is 33.8 cm³/mol. The van der Waals surface area contributed by atoms with Crippen LogP contribution in [0.2, 0.25) is 0 Å². The molecule has 68 valence electrons. The van der Waals surface area contributed by atoms with Crippen molar-refractivity contribution < 1.29 is 36.6 Å². The second kappa shape index (κ2) is 3.99. The summed E-state index contributed by atoms with van der Waals surface area (Å²) in [5.41, 5.74) is 0. The molecule has 0 atom stereocenters. The van der Waals surface area contributed by atoms with Crippen molar-refractivity contribution >= 4 is 28.0 Å². The summed E-state index contributed by atoms with van der Waals surface area (Å²) in [6.07, 6.45) is 0. The highest BCUT2D eigenvalue weighted by Gasteiger charge is 2.21. The van der Waals surface area contributed by atoms with Crippen LogP contribution in [0.1, 0.15) is 0 Å². The van der Waals surface area contributed by atoms with E-state index in [1.807, 2.05) is 0 Å². The van der Waals surface area contributed by atoms with Crippen LogP contribution in [0.15, 0.2) is 0 Å². The number of rotatable bonds is 4. The van der Waals surface area contributed by atoms with E-state index >= 15 is 0 Å². The van der Waals surface area contributed by atoms with E-state index in [2.05, 4.69) is 7.94 Å². The Labute approximate surface area is 65.4 Å². The Hall–Kier alpha value is 0.570. The fourth-order valence-corrected chi connectivity index (χ4v) is 1.08. The van der Waals surface area contributed by atoms with Gasteiger partial charge in [-0.3, -0.25) is 0 Å². The quantitative estimate of drug-likeness (QED) is 0.378. The van der Waals surface area contributed by atoms with Crippen LogP contribution < -0.4 is 0 Å². The second-order valence-electron chi connectivity index (χ2n) is 1.20. The zero-order valence-electron chi connectivity index (χ0n) is 4.72. The third kappa shape index (κ3) is 10.6. The van der Waals surface area contributed by atoms with Gasteiger partial charge in [-0.2, -0.15) is 7.94 Å². The maximum atomic E-state index is 9.84. The van der Waals surface area contributed by atoms with Crippen LogP contribution in [0.4, 0.5) is 0 Å². The van der Waals surface area contributed by atoms with Crippen LogP contribution >= 0.6 is 28.0 Å². The van der Waals surface area contributed by atoms with E-state index in [0.29, 0.717) is 0 Å². The van der Waals surface area contributed by atoms with Crippen LogP contribution in [0.5, 0.6) is 0 Å². The highest BCUT2D eigenvalue weighted by molar-refractivity contribution is 7.96. The van der Waals surface area contributed by atoms with Gasteiger partial charge in [0.25, 0.3) is 0 Å². The smallest absolute Gasteiger partial charge is 0.302 e. The molecule has 11 heteroatoms. The number of hydrogen-bond acceptors (Lipinski definition) is 5. The lowest BCUT2D eigenvalue weighted by atomic mass is 15.7. The average Bonchev–Trinajstić information content (AvgIpc) is 1.55. The Balaban J connectivity index is 3.61. The van der Waals surface area contributed by atoms with Crippen LogP contribution in [-0.4, -0.2) is 19.6 Å². The van der Waals surface area contributed by atoms with E-state index in [4.69, 9.17) is 19.6 Å². The van der Waals surface area contributed by atoms with Crippen LogP contribution in [-0.2, 0) is 17.1 Å². The first kappa shape index (κ1) is 11.6. The van der Waals surface area contributed by atoms with E-state index < -0.39 is 28.0 Å². The molecule has 0 aromatic heterocycles. The van der Waals surface area contributed by atoms with E-state index in [-0.39, 0.29) is 0 Å². The van der Waals surface area contributed by atoms with Gasteiger partial charge in [0.1, 0.15) is 0 Å². The Bertz CT molecular complexity index is 174. The molecule has 0 rings (SSSR count). The summed E-state index contributed by atoms with van der Waals surface area (Å²) in [5, 5.41) is 0. The van der Waals surface area contributed by atoms with Gasteiger partial charge < -0.3 is 19.6 Å². The number of phosphoric acid groups is 2. The van der Waals surface area contributed by atoms with Crippen molar-refractivity contribution in [2.24, 2.45) is 0 Å². The first-order valence-corrected chi connectivity index (χ1v) is 5.59. The zero-order valence-corrected chi connectivity index (χ0v) is 7.33. The molecule has 0 unspecified atom stereocenters. The molecule has 0 aliphatic heterocycles. The fourth-order valence-electron chi connectivity index (χ4n) is 0.0929. The van der Waals surface area contributed by atoms with E-state index in [9.17, 15) is 9.13 Å². The molecule has 0 amide bonds. The van der Waals surface area contributed by atoms with E-state index in [1.165, 1.54) is 0 Å². The first-order valence-electron chi connectivity index (χ1n) is 1.86. The maximum Gasteiger partial charge on any atom is 0.482 e. The third-order valence-electron chi connectivity index (χ3n) is 0.255. The molecule has 0 aliphatic rings. The van der Waals surface area contributed by atoms with E-state index in [1.54, 1.807) is 0 Å². The molecule has 0 saturated heterocycles. The minimum atomic E-state index is -4.76. The fraction of sp³-hybridized carbons (Fsp3) is 0. The van der Waals surface area contributed by atoms with Gasteiger partial charge >= 0.3 is 15.6 Å². The standard InChI is InChI=1S/H4O8P2S/c1-9(2,3)7-11-8-10(4,5)6/h(H2,1,2,3)(H2,4,5,6). The van der Waals surface area contributed by atoms with Crippen molar-refractivity contribution in [2.75, 3.05) is 0 Å². The molecule has 0 aliphatic carbocycles. The average molecular weight is 226 g/mol. The van der Waals surface area contributed by atoms with Crippen molar-refractivity contribution in [1.29, 1.82) is 0 Å². The van der Waals surface area contributed by atoms with Gasteiger partial charge in [0, 0.05) is 0 Å². The SMILES string of the molecule is O=P(O)(O)OSOP(=O)(O)O.